The fourth-order valence-electron chi connectivity index (χ4n) is 1.92. The van der Waals surface area contributed by atoms with E-state index in [9.17, 15) is 14.9 Å². The molecule has 0 saturated carbocycles. The van der Waals surface area contributed by atoms with Gasteiger partial charge in [-0.25, -0.2) is 4.79 Å². The number of hydrogen-bond acceptors (Lipinski definition) is 5. The average molecular weight is 315 g/mol. The molecule has 2 aromatic carbocycles. The van der Waals surface area contributed by atoms with Crippen molar-refractivity contribution in [3.8, 4) is 16.9 Å². The molecule has 0 saturated heterocycles. The van der Waals surface area contributed by atoms with Gasteiger partial charge in [0.2, 0.25) is 5.75 Å². The van der Waals surface area contributed by atoms with E-state index in [0.29, 0.717) is 5.56 Å². The molecular formula is C17H17NO5. The van der Waals surface area contributed by atoms with E-state index in [1.54, 1.807) is 26.8 Å². The van der Waals surface area contributed by atoms with E-state index in [2.05, 4.69) is 0 Å². The molecular weight excluding hydrogens is 298 g/mol. The van der Waals surface area contributed by atoms with Crippen molar-refractivity contribution in [2.45, 2.75) is 26.4 Å². The zero-order chi connectivity index (χ0) is 17.0. The molecule has 0 radical (unpaired) electrons. The van der Waals surface area contributed by atoms with Crippen LogP contribution in [0.1, 0.15) is 20.8 Å². The van der Waals surface area contributed by atoms with E-state index in [-0.39, 0.29) is 11.4 Å². The summed E-state index contributed by atoms with van der Waals surface area (Å²) in [5.74, 6) is -0.149. The molecule has 6 nitrogen and oxygen atoms in total. The molecule has 23 heavy (non-hydrogen) atoms. The standard InChI is InChI=1S/C17H17NO5/c1-17(2,3)23-16(19)22-15-10-9-13(11-14(15)18(20)21)12-7-5-4-6-8-12/h4-11H,1-3H3. The second-order valence-corrected chi connectivity index (χ2v) is 5.87. The van der Waals surface area contributed by atoms with E-state index in [1.165, 1.54) is 12.1 Å². The minimum Gasteiger partial charge on any atom is -0.428 e. The van der Waals surface area contributed by atoms with E-state index in [4.69, 9.17) is 9.47 Å². The first-order valence-corrected chi connectivity index (χ1v) is 7.01. The molecule has 0 aromatic heterocycles. The lowest BCUT2D eigenvalue weighted by Gasteiger charge is -2.18. The van der Waals surface area contributed by atoms with E-state index in [1.807, 2.05) is 30.3 Å². The highest BCUT2D eigenvalue weighted by Crippen LogP contribution is 2.32. The van der Waals surface area contributed by atoms with Crippen LogP contribution in [-0.4, -0.2) is 16.7 Å². The summed E-state index contributed by atoms with van der Waals surface area (Å²) < 4.78 is 9.98. The van der Waals surface area contributed by atoms with Gasteiger partial charge >= 0.3 is 11.8 Å². The lowest BCUT2D eigenvalue weighted by atomic mass is 10.1. The molecule has 2 rings (SSSR count). The van der Waals surface area contributed by atoms with Crippen molar-refractivity contribution in [2.24, 2.45) is 0 Å². The van der Waals surface area contributed by atoms with Gasteiger partial charge in [0.05, 0.1) is 4.92 Å². The summed E-state index contributed by atoms with van der Waals surface area (Å²) in [6.45, 7) is 5.05. The minimum atomic E-state index is -0.979. The smallest absolute Gasteiger partial charge is 0.428 e. The average Bonchev–Trinajstić information content (AvgIpc) is 2.46. The molecule has 0 spiro atoms. The normalized spacial score (nSPS) is 10.9. The monoisotopic (exact) mass is 315 g/mol. The van der Waals surface area contributed by atoms with Crippen molar-refractivity contribution in [2.75, 3.05) is 0 Å². The summed E-state index contributed by atoms with van der Waals surface area (Å²) >= 11 is 0. The minimum absolute atomic E-state index is 0.149. The topological polar surface area (TPSA) is 78.7 Å². The van der Waals surface area contributed by atoms with Gasteiger partial charge in [0, 0.05) is 6.07 Å². The molecule has 6 heteroatoms. The van der Waals surface area contributed by atoms with Gasteiger partial charge in [-0.05, 0) is 38.0 Å². The van der Waals surface area contributed by atoms with Crippen molar-refractivity contribution in [1.29, 1.82) is 0 Å². The molecule has 2 aromatic rings. The number of benzene rings is 2. The second kappa shape index (κ2) is 6.48. The van der Waals surface area contributed by atoms with Gasteiger partial charge in [-0.1, -0.05) is 36.4 Å². The maximum Gasteiger partial charge on any atom is 0.514 e. The van der Waals surface area contributed by atoms with Gasteiger partial charge < -0.3 is 9.47 Å². The third-order valence-electron chi connectivity index (χ3n) is 2.85. The van der Waals surface area contributed by atoms with Crippen LogP contribution in [0.4, 0.5) is 10.5 Å². The Morgan fingerprint density at radius 1 is 1.04 bits per heavy atom. The van der Waals surface area contributed by atoms with Gasteiger partial charge in [0.1, 0.15) is 5.60 Å². The zero-order valence-electron chi connectivity index (χ0n) is 13.1. The van der Waals surface area contributed by atoms with Crippen LogP contribution in [0, 0.1) is 10.1 Å². The van der Waals surface area contributed by atoms with E-state index >= 15 is 0 Å². The van der Waals surface area contributed by atoms with Gasteiger partial charge in [-0.2, -0.15) is 0 Å². The van der Waals surface area contributed by atoms with Crippen LogP contribution < -0.4 is 4.74 Å². The molecule has 0 aliphatic heterocycles. The van der Waals surface area contributed by atoms with Crippen LogP contribution >= 0.6 is 0 Å². The summed E-state index contributed by atoms with van der Waals surface area (Å²) in [6.07, 6.45) is -0.979. The highest BCUT2D eigenvalue weighted by molar-refractivity contribution is 5.72. The van der Waals surface area contributed by atoms with E-state index in [0.717, 1.165) is 5.56 Å². The number of nitro benzene ring substituents is 1. The quantitative estimate of drug-likeness (QED) is 0.358. The Morgan fingerprint density at radius 3 is 2.26 bits per heavy atom. The lowest BCUT2D eigenvalue weighted by molar-refractivity contribution is -0.385. The lowest BCUT2D eigenvalue weighted by Crippen LogP contribution is -2.26. The number of carbonyl (C=O) groups excluding carboxylic acids is 1. The van der Waals surface area contributed by atoms with Crippen LogP contribution in [0.2, 0.25) is 0 Å². The molecule has 0 atom stereocenters. The van der Waals surface area contributed by atoms with Crippen molar-refractivity contribution < 1.29 is 19.2 Å². The molecule has 0 amide bonds. The number of carbonyl (C=O) groups is 1. The molecule has 0 unspecified atom stereocenters. The largest absolute Gasteiger partial charge is 0.514 e. The van der Waals surface area contributed by atoms with Crippen LogP contribution in [0.3, 0.4) is 0 Å². The Hall–Kier alpha value is -2.89. The first kappa shape index (κ1) is 16.5. The number of hydrogen-bond donors (Lipinski definition) is 0. The third-order valence-corrected chi connectivity index (χ3v) is 2.85. The summed E-state index contributed by atoms with van der Waals surface area (Å²) in [7, 11) is 0. The van der Waals surface area contributed by atoms with Crippen LogP contribution in [0.15, 0.2) is 48.5 Å². The second-order valence-electron chi connectivity index (χ2n) is 5.87. The van der Waals surface area contributed by atoms with Crippen molar-refractivity contribution in [1.82, 2.24) is 0 Å². The highest BCUT2D eigenvalue weighted by atomic mass is 16.7. The van der Waals surface area contributed by atoms with Crippen LogP contribution in [0.5, 0.6) is 5.75 Å². The molecule has 0 fully saturated rings. The predicted molar refractivity (Wildman–Crippen MR) is 85.4 cm³/mol. The predicted octanol–water partition coefficient (Wildman–Crippen LogP) is 4.58. The Bertz CT molecular complexity index is 720. The van der Waals surface area contributed by atoms with Gasteiger partial charge in [-0.15, -0.1) is 0 Å². The molecule has 0 aliphatic carbocycles. The molecule has 0 bridgehead atoms. The number of nitro groups is 1. The van der Waals surface area contributed by atoms with E-state index < -0.39 is 16.7 Å². The van der Waals surface area contributed by atoms with Crippen molar-refractivity contribution in [3.63, 3.8) is 0 Å². The first-order chi connectivity index (χ1) is 10.8. The number of nitrogens with zero attached hydrogens (tertiary/aromatic N) is 1. The summed E-state index contributed by atoms with van der Waals surface area (Å²) in [5.41, 5.74) is 0.459. The van der Waals surface area contributed by atoms with Crippen LogP contribution in [-0.2, 0) is 4.74 Å². The maximum absolute atomic E-state index is 11.7. The summed E-state index contributed by atoms with van der Waals surface area (Å²) in [6, 6.07) is 13.6. The zero-order valence-corrected chi connectivity index (χ0v) is 13.1. The maximum atomic E-state index is 11.7. The SMILES string of the molecule is CC(C)(C)OC(=O)Oc1ccc(-c2ccccc2)cc1[N+](=O)[O-]. The van der Waals surface area contributed by atoms with Gasteiger partial charge in [-0.3, -0.25) is 10.1 Å². The van der Waals surface area contributed by atoms with Gasteiger partial charge in [0.25, 0.3) is 0 Å². The number of rotatable bonds is 3. The molecule has 0 aliphatic rings. The first-order valence-electron chi connectivity index (χ1n) is 7.01. The highest BCUT2D eigenvalue weighted by Gasteiger charge is 2.23. The van der Waals surface area contributed by atoms with Crippen LogP contribution in [0.25, 0.3) is 11.1 Å². The molecule has 120 valence electrons. The molecule has 0 N–H and O–H groups in total. The fraction of sp³-hybridized carbons (Fsp3) is 0.235. The number of ether oxygens (including phenoxy) is 2. The Morgan fingerprint density at radius 2 is 1.70 bits per heavy atom. The molecule has 0 heterocycles. The Labute approximate surface area is 133 Å². The van der Waals surface area contributed by atoms with Crippen molar-refractivity contribution >= 4 is 11.8 Å². The van der Waals surface area contributed by atoms with Crippen molar-refractivity contribution in [3.05, 3.63) is 58.6 Å². The fourth-order valence-corrected chi connectivity index (χ4v) is 1.92. The summed E-state index contributed by atoms with van der Waals surface area (Å²) in [5, 5.41) is 11.2. The summed E-state index contributed by atoms with van der Waals surface area (Å²) in [4.78, 5) is 22.3. The Kier molecular flexibility index (Phi) is 4.64. The Balaban J connectivity index is 2.31. The van der Waals surface area contributed by atoms with Gasteiger partial charge in [0.15, 0.2) is 0 Å². The third kappa shape index (κ3) is 4.54.